The minimum absolute atomic E-state index is 0.00708. The molecule has 0 saturated heterocycles. The number of esters is 1. The van der Waals surface area contributed by atoms with Crippen LogP contribution in [0.5, 0.6) is 0 Å². The van der Waals surface area contributed by atoms with Gasteiger partial charge in [-0.3, -0.25) is 14.9 Å². The molecule has 0 bridgehead atoms. The van der Waals surface area contributed by atoms with Crippen LogP contribution in [-0.2, 0) is 4.74 Å². The van der Waals surface area contributed by atoms with Crippen molar-refractivity contribution in [3.63, 3.8) is 0 Å². The summed E-state index contributed by atoms with van der Waals surface area (Å²) in [4.78, 5) is 35.1. The molecule has 0 aliphatic heterocycles. The fourth-order valence-corrected chi connectivity index (χ4v) is 3.39. The van der Waals surface area contributed by atoms with E-state index in [1.54, 1.807) is 20.8 Å². The van der Waals surface area contributed by atoms with Gasteiger partial charge in [-0.2, -0.15) is 5.26 Å². The van der Waals surface area contributed by atoms with Crippen LogP contribution < -0.4 is 5.32 Å². The van der Waals surface area contributed by atoms with Gasteiger partial charge >= 0.3 is 5.97 Å². The largest absolute Gasteiger partial charge is 0.459 e. The van der Waals surface area contributed by atoms with Crippen LogP contribution in [0, 0.1) is 28.4 Å². The van der Waals surface area contributed by atoms with Crippen molar-refractivity contribution in [2.24, 2.45) is 0 Å². The summed E-state index contributed by atoms with van der Waals surface area (Å²) < 4.78 is 5.13. The summed E-state index contributed by atoms with van der Waals surface area (Å²) in [6.07, 6.45) is -0.336. The number of nitro groups is 1. The van der Waals surface area contributed by atoms with Crippen molar-refractivity contribution in [1.29, 1.82) is 5.26 Å². The Balaban J connectivity index is 2.36. The molecule has 140 valence electrons. The number of amides is 1. The molecule has 0 saturated carbocycles. The van der Waals surface area contributed by atoms with Gasteiger partial charge in [0.2, 0.25) is 0 Å². The molecule has 1 aromatic carbocycles. The lowest BCUT2D eigenvalue weighted by atomic mass is 10.1. The molecule has 8 nitrogen and oxygen atoms in total. The van der Waals surface area contributed by atoms with Gasteiger partial charge in [-0.25, -0.2) is 4.79 Å². The lowest BCUT2D eigenvalue weighted by molar-refractivity contribution is -0.384. The van der Waals surface area contributed by atoms with Crippen LogP contribution >= 0.6 is 22.9 Å². The van der Waals surface area contributed by atoms with E-state index in [-0.39, 0.29) is 32.1 Å². The third kappa shape index (κ3) is 4.42. The van der Waals surface area contributed by atoms with E-state index in [0.29, 0.717) is 5.56 Å². The van der Waals surface area contributed by atoms with E-state index in [2.05, 4.69) is 5.32 Å². The Morgan fingerprint density at radius 2 is 2.07 bits per heavy atom. The average Bonchev–Trinajstić information content (AvgIpc) is 2.89. The number of benzene rings is 1. The van der Waals surface area contributed by atoms with E-state index in [0.717, 1.165) is 17.4 Å². The second-order valence-corrected chi connectivity index (χ2v) is 7.13. The highest BCUT2D eigenvalue weighted by atomic mass is 35.5. The number of nitriles is 1. The number of ether oxygens (including phenoxy) is 1. The number of thiophene rings is 1. The predicted molar refractivity (Wildman–Crippen MR) is 100 cm³/mol. The van der Waals surface area contributed by atoms with Gasteiger partial charge in [-0.15, -0.1) is 11.3 Å². The lowest BCUT2D eigenvalue weighted by Gasteiger charge is -2.06. The molecule has 1 heterocycles. The Morgan fingerprint density at radius 3 is 2.63 bits per heavy atom. The predicted octanol–water partition coefficient (Wildman–Crippen LogP) is 4.31. The van der Waals surface area contributed by atoms with Crippen LogP contribution in [0.25, 0.3) is 0 Å². The Hall–Kier alpha value is -2.96. The Kier molecular flexibility index (Phi) is 6.15. The van der Waals surface area contributed by atoms with Gasteiger partial charge in [0.1, 0.15) is 21.0 Å². The van der Waals surface area contributed by atoms with Gasteiger partial charge < -0.3 is 10.1 Å². The smallest absolute Gasteiger partial charge is 0.348 e. The molecule has 0 aliphatic carbocycles. The summed E-state index contributed by atoms with van der Waals surface area (Å²) >= 11 is 6.65. The molecule has 1 amide bonds. The second kappa shape index (κ2) is 8.16. The SMILES string of the molecule is Cc1c(C(=O)OC(C)C)sc(NC(=O)c2ccc(Cl)c([N+](=O)[O-])c2)c1C#N. The average molecular weight is 408 g/mol. The molecule has 1 N–H and O–H groups in total. The summed E-state index contributed by atoms with van der Waals surface area (Å²) in [5.74, 6) is -1.26. The fraction of sp³-hybridized carbons (Fsp3) is 0.235. The van der Waals surface area contributed by atoms with E-state index in [4.69, 9.17) is 16.3 Å². The molecule has 10 heteroatoms. The van der Waals surface area contributed by atoms with Crippen molar-refractivity contribution < 1.29 is 19.2 Å². The van der Waals surface area contributed by atoms with Crippen molar-refractivity contribution in [1.82, 2.24) is 0 Å². The number of hydrogen-bond donors (Lipinski definition) is 1. The van der Waals surface area contributed by atoms with Crippen molar-refractivity contribution >= 4 is 45.5 Å². The molecule has 0 fully saturated rings. The monoisotopic (exact) mass is 407 g/mol. The summed E-state index contributed by atoms with van der Waals surface area (Å²) in [6, 6.07) is 5.55. The number of nitro benzene ring substituents is 1. The van der Waals surface area contributed by atoms with Crippen LogP contribution in [0.3, 0.4) is 0 Å². The number of anilines is 1. The van der Waals surface area contributed by atoms with E-state index in [1.165, 1.54) is 12.1 Å². The molecule has 0 atom stereocenters. The zero-order chi connectivity index (χ0) is 20.3. The number of hydrogen-bond acceptors (Lipinski definition) is 7. The van der Waals surface area contributed by atoms with Crippen molar-refractivity contribution in [3.8, 4) is 6.07 Å². The number of carbonyl (C=O) groups excluding carboxylic acids is 2. The zero-order valence-electron chi connectivity index (χ0n) is 14.5. The van der Waals surface area contributed by atoms with Gasteiger partial charge in [0.25, 0.3) is 11.6 Å². The lowest BCUT2D eigenvalue weighted by Crippen LogP contribution is -2.12. The number of rotatable bonds is 5. The molecule has 27 heavy (non-hydrogen) atoms. The molecular formula is C17H14ClN3O5S. The maximum absolute atomic E-state index is 12.4. The maximum Gasteiger partial charge on any atom is 0.348 e. The highest BCUT2D eigenvalue weighted by Crippen LogP contribution is 2.34. The van der Waals surface area contributed by atoms with Crippen LogP contribution in [0.1, 0.15) is 45.0 Å². The van der Waals surface area contributed by atoms with Crippen molar-refractivity contribution in [3.05, 3.63) is 54.9 Å². The molecule has 0 spiro atoms. The number of halogens is 1. The standard InChI is InChI=1S/C17H14ClN3O5S/c1-8(2)26-17(23)14-9(3)11(7-19)16(27-14)20-15(22)10-4-5-12(18)13(6-10)21(24)25/h4-6,8H,1-3H3,(H,20,22). The molecule has 0 aliphatic rings. The van der Waals surface area contributed by atoms with Crippen LogP contribution in [0.2, 0.25) is 5.02 Å². The Labute approximate surface area is 163 Å². The summed E-state index contributed by atoms with van der Waals surface area (Å²) in [5, 5.41) is 22.9. The van der Waals surface area contributed by atoms with Crippen LogP contribution in [0.15, 0.2) is 18.2 Å². The first kappa shape index (κ1) is 20.4. The normalized spacial score (nSPS) is 10.4. The first-order valence-electron chi connectivity index (χ1n) is 7.65. The van der Waals surface area contributed by atoms with Crippen LogP contribution in [0.4, 0.5) is 10.7 Å². The van der Waals surface area contributed by atoms with E-state index < -0.39 is 22.5 Å². The topological polar surface area (TPSA) is 122 Å². The second-order valence-electron chi connectivity index (χ2n) is 5.70. The first-order chi connectivity index (χ1) is 12.6. The minimum atomic E-state index is -0.699. The van der Waals surface area contributed by atoms with Crippen molar-refractivity contribution in [2.45, 2.75) is 26.9 Å². The highest BCUT2D eigenvalue weighted by molar-refractivity contribution is 7.18. The molecule has 2 rings (SSSR count). The zero-order valence-corrected chi connectivity index (χ0v) is 16.1. The number of nitrogens with one attached hydrogen (secondary N) is 1. The molecular weight excluding hydrogens is 394 g/mol. The van der Waals surface area contributed by atoms with Crippen LogP contribution in [-0.4, -0.2) is 22.9 Å². The van der Waals surface area contributed by atoms with Gasteiger partial charge in [0, 0.05) is 11.6 Å². The Morgan fingerprint density at radius 1 is 1.41 bits per heavy atom. The first-order valence-corrected chi connectivity index (χ1v) is 8.84. The summed E-state index contributed by atoms with van der Waals surface area (Å²) in [6.45, 7) is 4.97. The number of nitrogens with zero attached hydrogens (tertiary/aromatic N) is 2. The molecule has 2 aromatic rings. The van der Waals surface area contributed by atoms with Gasteiger partial charge in [0.15, 0.2) is 0 Å². The quantitative estimate of drug-likeness (QED) is 0.447. The van der Waals surface area contributed by atoms with Gasteiger partial charge in [-0.05, 0) is 38.5 Å². The number of carbonyl (C=O) groups is 2. The summed E-state index contributed by atoms with van der Waals surface area (Å²) in [7, 11) is 0. The van der Waals surface area contributed by atoms with E-state index in [9.17, 15) is 25.0 Å². The van der Waals surface area contributed by atoms with Gasteiger partial charge in [-0.1, -0.05) is 11.6 Å². The van der Waals surface area contributed by atoms with E-state index >= 15 is 0 Å². The Bertz CT molecular complexity index is 978. The molecule has 0 radical (unpaired) electrons. The minimum Gasteiger partial charge on any atom is -0.459 e. The molecule has 0 unspecified atom stereocenters. The highest BCUT2D eigenvalue weighted by Gasteiger charge is 2.24. The van der Waals surface area contributed by atoms with Gasteiger partial charge in [0.05, 0.1) is 16.6 Å². The van der Waals surface area contributed by atoms with Crippen molar-refractivity contribution in [2.75, 3.05) is 5.32 Å². The van der Waals surface area contributed by atoms with E-state index in [1.807, 2.05) is 6.07 Å². The fourth-order valence-electron chi connectivity index (χ4n) is 2.17. The maximum atomic E-state index is 12.4. The summed E-state index contributed by atoms with van der Waals surface area (Å²) in [5.41, 5.74) is 0.110. The third-order valence-electron chi connectivity index (χ3n) is 3.42. The molecule has 1 aromatic heterocycles. The third-order valence-corrected chi connectivity index (χ3v) is 4.93.